The van der Waals surface area contributed by atoms with Crippen molar-refractivity contribution in [2.24, 2.45) is 0 Å². The Labute approximate surface area is 192 Å². The van der Waals surface area contributed by atoms with Gasteiger partial charge in [-0.05, 0) is 63.7 Å². The summed E-state index contributed by atoms with van der Waals surface area (Å²) in [7, 11) is 0. The fourth-order valence-electron chi connectivity index (χ4n) is 3.08. The van der Waals surface area contributed by atoms with Crippen LogP contribution < -0.4 is 20.3 Å². The van der Waals surface area contributed by atoms with Crippen molar-refractivity contribution >= 4 is 40.8 Å². The smallest absolute Gasteiger partial charge is 0.221 e. The Hall–Kier alpha value is -3.27. The van der Waals surface area contributed by atoms with Crippen LogP contribution in [0.2, 0.25) is 0 Å². The van der Waals surface area contributed by atoms with Gasteiger partial charge in [0.15, 0.2) is 22.6 Å². The lowest BCUT2D eigenvalue weighted by Gasteiger charge is -2.24. The SMILES string of the molecule is CCOc1c(Nc2cc(C)[nH]n2)nc(Sc2ccc(NC(C)=O)cc2)nc1N(CC)CC. The molecule has 9 nitrogen and oxygen atoms in total. The topological polar surface area (TPSA) is 108 Å². The number of amides is 1. The summed E-state index contributed by atoms with van der Waals surface area (Å²) in [4.78, 5) is 23.9. The van der Waals surface area contributed by atoms with Crippen molar-refractivity contribution in [1.82, 2.24) is 20.2 Å². The number of hydrogen-bond acceptors (Lipinski definition) is 8. The summed E-state index contributed by atoms with van der Waals surface area (Å²) in [5.41, 5.74) is 1.69. The monoisotopic (exact) mass is 455 g/mol. The molecule has 0 saturated heterocycles. The van der Waals surface area contributed by atoms with Crippen molar-refractivity contribution < 1.29 is 9.53 Å². The van der Waals surface area contributed by atoms with Gasteiger partial charge in [-0.25, -0.2) is 9.97 Å². The van der Waals surface area contributed by atoms with Gasteiger partial charge in [0, 0.05) is 42.4 Å². The number of carbonyl (C=O) groups excluding carboxylic acids is 1. The number of nitrogens with one attached hydrogen (secondary N) is 3. The molecule has 3 rings (SSSR count). The van der Waals surface area contributed by atoms with Crippen LogP contribution in [0.1, 0.15) is 33.4 Å². The van der Waals surface area contributed by atoms with Crippen LogP contribution in [0, 0.1) is 6.92 Å². The number of aromatic nitrogens is 4. The third-order valence-corrected chi connectivity index (χ3v) is 5.39. The molecule has 3 aromatic rings. The number of anilines is 4. The van der Waals surface area contributed by atoms with Crippen molar-refractivity contribution in [1.29, 1.82) is 0 Å². The van der Waals surface area contributed by atoms with Gasteiger partial charge >= 0.3 is 0 Å². The average Bonchev–Trinajstić information content (AvgIpc) is 3.17. The fraction of sp³-hybridized carbons (Fsp3) is 0.364. The lowest BCUT2D eigenvalue weighted by Crippen LogP contribution is -2.24. The standard InChI is InChI=1S/C22H29N7O2S/c1-6-29(7-2)21-19(31-8-3)20(24-18-13-14(4)27-28-18)25-22(26-21)32-17-11-9-16(10-12-17)23-15(5)30/h9-13H,6-8H2,1-5H3,(H,23,30)(H2,24,25,26,27,28). The minimum atomic E-state index is -0.103. The van der Waals surface area contributed by atoms with E-state index in [0.717, 1.165) is 35.2 Å². The summed E-state index contributed by atoms with van der Waals surface area (Å²) in [6.07, 6.45) is 0. The molecule has 3 N–H and O–H groups in total. The highest BCUT2D eigenvalue weighted by molar-refractivity contribution is 7.99. The van der Waals surface area contributed by atoms with E-state index >= 15 is 0 Å². The third-order valence-electron chi connectivity index (χ3n) is 4.52. The number of rotatable bonds is 10. The quantitative estimate of drug-likeness (QED) is 0.381. The Kier molecular flexibility index (Phi) is 7.93. The van der Waals surface area contributed by atoms with Gasteiger partial charge in [0.1, 0.15) is 0 Å². The zero-order chi connectivity index (χ0) is 23.1. The van der Waals surface area contributed by atoms with Crippen LogP contribution >= 0.6 is 11.8 Å². The molecule has 1 amide bonds. The van der Waals surface area contributed by atoms with Crippen LogP contribution in [0.15, 0.2) is 40.4 Å². The molecule has 0 aliphatic rings. The Bertz CT molecular complexity index is 1050. The van der Waals surface area contributed by atoms with Gasteiger partial charge in [0.05, 0.1) is 6.61 Å². The number of ether oxygens (including phenoxy) is 1. The van der Waals surface area contributed by atoms with E-state index < -0.39 is 0 Å². The zero-order valence-corrected chi connectivity index (χ0v) is 19.8. The van der Waals surface area contributed by atoms with E-state index in [1.54, 1.807) is 0 Å². The van der Waals surface area contributed by atoms with E-state index in [1.807, 2.05) is 44.2 Å². The van der Waals surface area contributed by atoms with Crippen LogP contribution in [0.25, 0.3) is 0 Å². The van der Waals surface area contributed by atoms with Crippen molar-refractivity contribution in [2.45, 2.75) is 44.7 Å². The first-order chi connectivity index (χ1) is 15.4. The molecule has 0 aliphatic carbocycles. The number of hydrogen-bond donors (Lipinski definition) is 3. The Morgan fingerprint density at radius 1 is 1.16 bits per heavy atom. The van der Waals surface area contributed by atoms with Crippen molar-refractivity contribution in [3.05, 3.63) is 36.0 Å². The molecule has 32 heavy (non-hydrogen) atoms. The maximum absolute atomic E-state index is 11.3. The summed E-state index contributed by atoms with van der Waals surface area (Å²) in [5, 5.41) is 13.8. The summed E-state index contributed by atoms with van der Waals surface area (Å²) in [5.74, 6) is 2.45. The first-order valence-electron chi connectivity index (χ1n) is 10.6. The van der Waals surface area contributed by atoms with E-state index in [0.29, 0.717) is 29.1 Å². The highest BCUT2D eigenvalue weighted by atomic mass is 32.2. The van der Waals surface area contributed by atoms with Crippen molar-refractivity contribution in [2.75, 3.05) is 35.2 Å². The Morgan fingerprint density at radius 2 is 1.88 bits per heavy atom. The van der Waals surface area contributed by atoms with Crippen LogP contribution in [0.5, 0.6) is 5.75 Å². The molecule has 0 spiro atoms. The molecule has 0 fully saturated rings. The summed E-state index contributed by atoms with van der Waals surface area (Å²) < 4.78 is 5.97. The van der Waals surface area contributed by atoms with E-state index in [9.17, 15) is 4.79 Å². The molecular weight excluding hydrogens is 426 g/mol. The second-order valence-electron chi connectivity index (χ2n) is 6.98. The van der Waals surface area contributed by atoms with Gasteiger partial charge in [-0.2, -0.15) is 5.10 Å². The molecule has 2 heterocycles. The zero-order valence-electron chi connectivity index (χ0n) is 19.0. The second-order valence-corrected chi connectivity index (χ2v) is 8.02. The van der Waals surface area contributed by atoms with Gasteiger partial charge in [-0.3, -0.25) is 9.89 Å². The molecule has 0 radical (unpaired) electrons. The maximum atomic E-state index is 11.3. The maximum Gasteiger partial charge on any atom is 0.221 e. The van der Waals surface area contributed by atoms with Gasteiger partial charge in [0.25, 0.3) is 0 Å². The Morgan fingerprint density at radius 3 is 2.44 bits per heavy atom. The fourth-order valence-corrected chi connectivity index (χ4v) is 3.83. The van der Waals surface area contributed by atoms with Crippen molar-refractivity contribution in [3.8, 4) is 5.75 Å². The van der Waals surface area contributed by atoms with E-state index in [2.05, 4.69) is 39.6 Å². The number of carbonyl (C=O) groups is 1. The summed E-state index contributed by atoms with van der Waals surface area (Å²) in [6, 6.07) is 9.47. The van der Waals surface area contributed by atoms with Gasteiger partial charge in [-0.1, -0.05) is 0 Å². The molecule has 0 unspecified atom stereocenters. The van der Waals surface area contributed by atoms with Crippen LogP contribution in [-0.2, 0) is 4.79 Å². The predicted molar refractivity (Wildman–Crippen MR) is 128 cm³/mol. The molecule has 0 atom stereocenters. The van der Waals surface area contributed by atoms with Crippen molar-refractivity contribution in [3.63, 3.8) is 0 Å². The van der Waals surface area contributed by atoms with Gasteiger partial charge in [-0.15, -0.1) is 0 Å². The van der Waals surface area contributed by atoms with Crippen LogP contribution in [0.4, 0.5) is 23.1 Å². The van der Waals surface area contributed by atoms with Gasteiger partial charge < -0.3 is 20.3 Å². The van der Waals surface area contributed by atoms with Crippen LogP contribution in [-0.4, -0.2) is 45.8 Å². The molecule has 2 aromatic heterocycles. The number of nitrogens with zero attached hydrogens (tertiary/aromatic N) is 4. The first kappa shape index (κ1) is 23.4. The highest BCUT2D eigenvalue weighted by Gasteiger charge is 2.21. The minimum Gasteiger partial charge on any atom is -0.487 e. The van der Waals surface area contributed by atoms with E-state index in [4.69, 9.17) is 14.7 Å². The second kappa shape index (κ2) is 10.9. The van der Waals surface area contributed by atoms with Gasteiger partial charge in [0.2, 0.25) is 11.7 Å². The molecule has 0 aliphatic heterocycles. The largest absolute Gasteiger partial charge is 0.487 e. The molecule has 0 bridgehead atoms. The number of aryl methyl sites for hydroxylation is 1. The molecular formula is C22H29N7O2S. The number of aromatic amines is 1. The minimum absolute atomic E-state index is 0.103. The average molecular weight is 456 g/mol. The lowest BCUT2D eigenvalue weighted by molar-refractivity contribution is -0.114. The predicted octanol–water partition coefficient (Wildman–Crippen LogP) is 4.61. The first-order valence-corrected chi connectivity index (χ1v) is 11.4. The molecule has 10 heteroatoms. The summed E-state index contributed by atoms with van der Waals surface area (Å²) in [6.45, 7) is 11.6. The Balaban J connectivity index is 1.99. The number of benzene rings is 1. The molecule has 170 valence electrons. The lowest BCUT2D eigenvalue weighted by atomic mass is 10.3. The van der Waals surface area contributed by atoms with Crippen LogP contribution in [0.3, 0.4) is 0 Å². The number of H-pyrrole nitrogens is 1. The van der Waals surface area contributed by atoms with E-state index in [1.165, 1.54) is 18.7 Å². The normalized spacial score (nSPS) is 10.7. The molecule has 0 saturated carbocycles. The molecule has 1 aromatic carbocycles. The third kappa shape index (κ3) is 5.91. The summed E-state index contributed by atoms with van der Waals surface area (Å²) >= 11 is 1.44. The highest BCUT2D eigenvalue weighted by Crippen LogP contribution is 2.38. The van der Waals surface area contributed by atoms with E-state index in [-0.39, 0.29) is 5.91 Å².